The number of aryl methyl sites for hydroxylation is 1. The lowest BCUT2D eigenvalue weighted by Crippen LogP contribution is -2.25. The lowest BCUT2D eigenvalue weighted by atomic mass is 9.93. The standard InChI is InChI=1S/C17H22ClN3O/c1-4-14-20-15(18)12(2)16(21-14)19-11-10-17(3,22)13-8-6-5-7-9-13/h5-9,22H,4,10-11H2,1-3H3,(H,19,20,21). The molecule has 0 aliphatic heterocycles. The molecule has 1 aromatic carbocycles. The third-order valence-electron chi connectivity index (χ3n) is 3.75. The molecule has 0 amide bonds. The topological polar surface area (TPSA) is 58.0 Å². The van der Waals surface area contributed by atoms with E-state index in [0.29, 0.717) is 23.9 Å². The van der Waals surface area contributed by atoms with Gasteiger partial charge in [0.15, 0.2) is 0 Å². The van der Waals surface area contributed by atoms with Gasteiger partial charge in [0, 0.05) is 18.5 Å². The fraction of sp³-hybridized carbons (Fsp3) is 0.412. The largest absolute Gasteiger partial charge is 0.385 e. The van der Waals surface area contributed by atoms with Crippen LogP contribution in [0.15, 0.2) is 30.3 Å². The quantitative estimate of drug-likeness (QED) is 0.797. The Labute approximate surface area is 136 Å². The molecule has 0 bridgehead atoms. The number of aliphatic hydroxyl groups is 1. The van der Waals surface area contributed by atoms with Crippen LogP contribution in [0.5, 0.6) is 0 Å². The molecule has 1 heterocycles. The number of nitrogens with one attached hydrogen (secondary N) is 1. The van der Waals surface area contributed by atoms with Crippen LogP contribution < -0.4 is 5.32 Å². The fourth-order valence-corrected chi connectivity index (χ4v) is 2.42. The van der Waals surface area contributed by atoms with Crippen molar-refractivity contribution in [2.24, 2.45) is 0 Å². The van der Waals surface area contributed by atoms with Crippen LogP contribution in [0, 0.1) is 6.92 Å². The zero-order chi connectivity index (χ0) is 16.2. The van der Waals surface area contributed by atoms with Crippen LogP contribution in [0.25, 0.3) is 0 Å². The van der Waals surface area contributed by atoms with E-state index in [2.05, 4.69) is 15.3 Å². The zero-order valence-corrected chi connectivity index (χ0v) is 14.0. The molecule has 0 fully saturated rings. The van der Waals surface area contributed by atoms with E-state index in [4.69, 9.17) is 11.6 Å². The first-order chi connectivity index (χ1) is 10.4. The van der Waals surface area contributed by atoms with Crippen molar-refractivity contribution < 1.29 is 5.11 Å². The maximum atomic E-state index is 10.6. The summed E-state index contributed by atoms with van der Waals surface area (Å²) in [5.74, 6) is 1.45. The predicted octanol–water partition coefficient (Wildman–Crippen LogP) is 3.71. The van der Waals surface area contributed by atoms with Gasteiger partial charge in [-0.1, -0.05) is 48.9 Å². The van der Waals surface area contributed by atoms with Gasteiger partial charge in [0.25, 0.3) is 0 Å². The molecule has 1 atom stereocenters. The molecule has 0 spiro atoms. The predicted molar refractivity (Wildman–Crippen MR) is 90.3 cm³/mol. The Hall–Kier alpha value is -1.65. The lowest BCUT2D eigenvalue weighted by Gasteiger charge is -2.24. The highest BCUT2D eigenvalue weighted by Crippen LogP contribution is 2.25. The summed E-state index contributed by atoms with van der Waals surface area (Å²) in [7, 11) is 0. The van der Waals surface area contributed by atoms with E-state index >= 15 is 0 Å². The molecule has 2 N–H and O–H groups in total. The van der Waals surface area contributed by atoms with Crippen molar-refractivity contribution >= 4 is 17.4 Å². The summed E-state index contributed by atoms with van der Waals surface area (Å²) in [5.41, 5.74) is 0.855. The van der Waals surface area contributed by atoms with E-state index in [1.807, 2.05) is 51.1 Å². The average molecular weight is 320 g/mol. The van der Waals surface area contributed by atoms with E-state index in [0.717, 1.165) is 23.4 Å². The normalized spacial score (nSPS) is 13.7. The van der Waals surface area contributed by atoms with E-state index in [-0.39, 0.29) is 0 Å². The van der Waals surface area contributed by atoms with Crippen molar-refractivity contribution in [1.29, 1.82) is 0 Å². The minimum atomic E-state index is -0.882. The van der Waals surface area contributed by atoms with Gasteiger partial charge in [0.05, 0.1) is 5.60 Å². The van der Waals surface area contributed by atoms with E-state index in [1.54, 1.807) is 0 Å². The van der Waals surface area contributed by atoms with Crippen molar-refractivity contribution in [3.05, 3.63) is 52.4 Å². The number of hydrogen-bond donors (Lipinski definition) is 2. The van der Waals surface area contributed by atoms with Crippen LogP contribution in [0.2, 0.25) is 5.15 Å². The van der Waals surface area contributed by atoms with Gasteiger partial charge in [-0.25, -0.2) is 9.97 Å². The molecule has 0 saturated heterocycles. The minimum Gasteiger partial charge on any atom is -0.385 e. The third-order valence-corrected chi connectivity index (χ3v) is 4.12. The molecule has 2 rings (SSSR count). The summed E-state index contributed by atoms with van der Waals surface area (Å²) < 4.78 is 0. The molecule has 2 aromatic rings. The lowest BCUT2D eigenvalue weighted by molar-refractivity contribution is 0.0515. The molecule has 0 saturated carbocycles. The summed E-state index contributed by atoms with van der Waals surface area (Å²) in [6, 6.07) is 9.67. The highest BCUT2D eigenvalue weighted by Gasteiger charge is 2.22. The molecular weight excluding hydrogens is 298 g/mol. The van der Waals surface area contributed by atoms with Gasteiger partial charge in [0.2, 0.25) is 0 Å². The van der Waals surface area contributed by atoms with Crippen molar-refractivity contribution in [1.82, 2.24) is 9.97 Å². The molecule has 5 heteroatoms. The number of benzene rings is 1. The van der Waals surface area contributed by atoms with Crippen molar-refractivity contribution in [3.63, 3.8) is 0 Å². The zero-order valence-electron chi connectivity index (χ0n) is 13.2. The fourth-order valence-electron chi connectivity index (χ4n) is 2.23. The van der Waals surface area contributed by atoms with Crippen LogP contribution in [0.4, 0.5) is 5.82 Å². The number of halogens is 1. The van der Waals surface area contributed by atoms with Crippen LogP contribution in [0.3, 0.4) is 0 Å². The van der Waals surface area contributed by atoms with Crippen molar-refractivity contribution in [2.75, 3.05) is 11.9 Å². The average Bonchev–Trinajstić information content (AvgIpc) is 2.52. The monoisotopic (exact) mass is 319 g/mol. The maximum absolute atomic E-state index is 10.6. The number of nitrogens with zero attached hydrogens (tertiary/aromatic N) is 2. The summed E-state index contributed by atoms with van der Waals surface area (Å²) in [6.07, 6.45) is 1.30. The Kier molecular flexibility index (Phi) is 5.37. The molecule has 1 aromatic heterocycles. The van der Waals surface area contributed by atoms with Gasteiger partial charge in [0.1, 0.15) is 16.8 Å². The highest BCUT2D eigenvalue weighted by atomic mass is 35.5. The van der Waals surface area contributed by atoms with E-state index in [1.165, 1.54) is 0 Å². The van der Waals surface area contributed by atoms with Crippen LogP contribution >= 0.6 is 11.6 Å². The second-order valence-electron chi connectivity index (χ2n) is 5.57. The first kappa shape index (κ1) is 16.7. The first-order valence-corrected chi connectivity index (χ1v) is 7.86. The molecule has 22 heavy (non-hydrogen) atoms. The Bertz CT molecular complexity index is 629. The molecule has 0 aliphatic rings. The molecule has 1 unspecified atom stereocenters. The SMILES string of the molecule is CCc1nc(Cl)c(C)c(NCCC(C)(O)c2ccccc2)n1. The van der Waals surface area contributed by atoms with Crippen LogP contribution in [-0.2, 0) is 12.0 Å². The van der Waals surface area contributed by atoms with Gasteiger partial charge in [-0.2, -0.15) is 0 Å². The number of rotatable bonds is 6. The molecular formula is C17H22ClN3O. The number of hydrogen-bond acceptors (Lipinski definition) is 4. The summed E-state index contributed by atoms with van der Waals surface area (Å²) in [4.78, 5) is 8.68. The van der Waals surface area contributed by atoms with Gasteiger partial charge in [-0.15, -0.1) is 0 Å². The second-order valence-corrected chi connectivity index (χ2v) is 5.93. The van der Waals surface area contributed by atoms with Gasteiger partial charge >= 0.3 is 0 Å². The van der Waals surface area contributed by atoms with Crippen molar-refractivity contribution in [3.8, 4) is 0 Å². The Balaban J connectivity index is 2.03. The molecule has 0 radical (unpaired) electrons. The van der Waals surface area contributed by atoms with Crippen LogP contribution in [0.1, 0.15) is 37.2 Å². The second kappa shape index (κ2) is 7.07. The Morgan fingerprint density at radius 3 is 2.55 bits per heavy atom. The molecule has 4 nitrogen and oxygen atoms in total. The number of anilines is 1. The van der Waals surface area contributed by atoms with Crippen LogP contribution in [-0.4, -0.2) is 21.6 Å². The summed E-state index contributed by atoms with van der Waals surface area (Å²) >= 11 is 6.12. The maximum Gasteiger partial charge on any atom is 0.137 e. The smallest absolute Gasteiger partial charge is 0.137 e. The van der Waals surface area contributed by atoms with Gasteiger partial charge in [-0.3, -0.25) is 0 Å². The Morgan fingerprint density at radius 2 is 1.91 bits per heavy atom. The van der Waals surface area contributed by atoms with Gasteiger partial charge < -0.3 is 10.4 Å². The molecule has 118 valence electrons. The first-order valence-electron chi connectivity index (χ1n) is 7.49. The minimum absolute atomic E-state index is 0.476. The Morgan fingerprint density at radius 1 is 1.23 bits per heavy atom. The molecule has 0 aliphatic carbocycles. The summed E-state index contributed by atoms with van der Waals surface area (Å²) in [6.45, 7) is 6.30. The van der Waals surface area contributed by atoms with Gasteiger partial charge in [-0.05, 0) is 25.8 Å². The van der Waals surface area contributed by atoms with E-state index in [9.17, 15) is 5.11 Å². The summed E-state index contributed by atoms with van der Waals surface area (Å²) in [5, 5.41) is 14.3. The third kappa shape index (κ3) is 3.96. The highest BCUT2D eigenvalue weighted by molar-refractivity contribution is 6.30. The van der Waals surface area contributed by atoms with E-state index < -0.39 is 5.60 Å². The van der Waals surface area contributed by atoms with Crippen molar-refractivity contribution in [2.45, 2.75) is 39.2 Å². The number of aromatic nitrogens is 2.